The number of nitrogens with one attached hydrogen (secondary N) is 3. The lowest BCUT2D eigenvalue weighted by Crippen LogP contribution is -2.77. The highest BCUT2D eigenvalue weighted by molar-refractivity contribution is 7.80. The Bertz CT molecular complexity index is 330. The molecule has 2 aliphatic rings. The van der Waals surface area contributed by atoms with Crippen molar-refractivity contribution in [2.24, 2.45) is 0 Å². The number of rotatable bonds is 0. The Balaban J connectivity index is 2.28. The predicted octanol–water partition coefficient (Wildman–Crippen LogP) is -0.304. The van der Waals surface area contributed by atoms with E-state index in [0.29, 0.717) is 11.7 Å². The van der Waals surface area contributed by atoms with Gasteiger partial charge in [-0.3, -0.25) is 10.2 Å². The standard InChI is InChI=1S/C9H16N4OS/c1-8(2)5-9(3)12-11-6(14)4-13(9)7(15)10-8/h12H,4-5H2,1-3H3,(H,10,15)(H,11,14)/t9-/m0/s1. The van der Waals surface area contributed by atoms with E-state index in [1.54, 1.807) is 0 Å². The van der Waals surface area contributed by atoms with Crippen LogP contribution < -0.4 is 16.2 Å². The number of fused-ring (bicyclic) bond motifs is 1. The number of thiocarbonyl (C=S) groups is 1. The molecule has 0 spiro atoms. The molecule has 0 bridgehead atoms. The van der Waals surface area contributed by atoms with Gasteiger partial charge in [-0.15, -0.1) is 0 Å². The van der Waals surface area contributed by atoms with Crippen molar-refractivity contribution in [1.29, 1.82) is 0 Å². The van der Waals surface area contributed by atoms with Crippen molar-refractivity contribution < 1.29 is 4.79 Å². The Kier molecular flexibility index (Phi) is 2.16. The lowest BCUT2D eigenvalue weighted by molar-refractivity contribution is -0.130. The summed E-state index contributed by atoms with van der Waals surface area (Å²) in [6.07, 6.45) is 0.862. The lowest BCUT2D eigenvalue weighted by atomic mass is 9.88. The van der Waals surface area contributed by atoms with Crippen molar-refractivity contribution in [2.45, 2.75) is 38.4 Å². The second-order valence-corrected chi connectivity index (χ2v) is 5.41. The fraction of sp³-hybridized carbons (Fsp3) is 0.778. The molecule has 0 aliphatic carbocycles. The van der Waals surface area contributed by atoms with Crippen LogP contribution in [0.5, 0.6) is 0 Å². The molecule has 1 amide bonds. The summed E-state index contributed by atoms with van der Waals surface area (Å²) in [5, 5.41) is 3.87. The van der Waals surface area contributed by atoms with Crippen LogP contribution in [0.15, 0.2) is 0 Å². The van der Waals surface area contributed by atoms with Crippen LogP contribution in [0.3, 0.4) is 0 Å². The Morgan fingerprint density at radius 1 is 1.40 bits per heavy atom. The average Bonchev–Trinajstić information content (AvgIpc) is 2.05. The summed E-state index contributed by atoms with van der Waals surface area (Å²) in [6, 6.07) is 0. The molecular weight excluding hydrogens is 212 g/mol. The number of nitrogens with zero attached hydrogens (tertiary/aromatic N) is 1. The summed E-state index contributed by atoms with van der Waals surface area (Å²) in [7, 11) is 0. The van der Waals surface area contributed by atoms with E-state index in [1.165, 1.54) is 0 Å². The third kappa shape index (κ3) is 1.79. The van der Waals surface area contributed by atoms with Crippen molar-refractivity contribution >= 4 is 23.2 Å². The number of hydrazine groups is 1. The molecule has 2 heterocycles. The molecule has 2 aliphatic heterocycles. The average molecular weight is 228 g/mol. The molecule has 15 heavy (non-hydrogen) atoms. The Morgan fingerprint density at radius 3 is 2.73 bits per heavy atom. The van der Waals surface area contributed by atoms with E-state index in [-0.39, 0.29) is 17.1 Å². The highest BCUT2D eigenvalue weighted by Gasteiger charge is 2.47. The molecule has 6 heteroatoms. The van der Waals surface area contributed by atoms with Crippen molar-refractivity contribution in [2.75, 3.05) is 6.54 Å². The van der Waals surface area contributed by atoms with E-state index in [0.717, 1.165) is 6.42 Å². The van der Waals surface area contributed by atoms with Gasteiger partial charge in [-0.25, -0.2) is 5.43 Å². The first-order valence-corrected chi connectivity index (χ1v) is 5.39. The molecule has 2 saturated heterocycles. The quantitative estimate of drug-likeness (QED) is 0.497. The van der Waals surface area contributed by atoms with Crippen LogP contribution in [0.2, 0.25) is 0 Å². The molecule has 0 saturated carbocycles. The van der Waals surface area contributed by atoms with Crippen LogP contribution >= 0.6 is 12.2 Å². The second kappa shape index (κ2) is 3.05. The fourth-order valence-electron chi connectivity index (χ4n) is 2.33. The minimum atomic E-state index is -0.292. The van der Waals surface area contributed by atoms with Gasteiger partial charge in [0.15, 0.2) is 5.11 Å². The summed E-state index contributed by atoms with van der Waals surface area (Å²) in [5.74, 6) is -0.0590. The zero-order valence-electron chi connectivity index (χ0n) is 9.18. The van der Waals surface area contributed by atoms with Crippen molar-refractivity contribution in [3.05, 3.63) is 0 Å². The predicted molar refractivity (Wildman–Crippen MR) is 60.8 cm³/mol. The van der Waals surface area contributed by atoms with Gasteiger partial charge in [0.1, 0.15) is 12.2 Å². The molecule has 3 N–H and O–H groups in total. The van der Waals surface area contributed by atoms with Gasteiger partial charge >= 0.3 is 0 Å². The third-order valence-corrected chi connectivity index (χ3v) is 3.17. The van der Waals surface area contributed by atoms with Crippen molar-refractivity contribution in [3.8, 4) is 0 Å². The van der Waals surface area contributed by atoms with Gasteiger partial charge in [-0.05, 0) is 33.0 Å². The maximum absolute atomic E-state index is 11.3. The van der Waals surface area contributed by atoms with Crippen LogP contribution in [0.4, 0.5) is 0 Å². The van der Waals surface area contributed by atoms with E-state index in [2.05, 4.69) is 30.0 Å². The number of hydrogen-bond donors (Lipinski definition) is 3. The number of carbonyl (C=O) groups excluding carboxylic acids is 1. The molecule has 0 aromatic heterocycles. The summed E-state index contributed by atoms with van der Waals surface area (Å²) in [4.78, 5) is 13.2. The van der Waals surface area contributed by atoms with E-state index >= 15 is 0 Å². The smallest absolute Gasteiger partial charge is 0.253 e. The van der Waals surface area contributed by atoms with Gasteiger partial charge in [-0.1, -0.05) is 0 Å². The van der Waals surface area contributed by atoms with E-state index in [4.69, 9.17) is 12.2 Å². The van der Waals surface area contributed by atoms with E-state index in [1.807, 2.05) is 11.8 Å². The third-order valence-electron chi connectivity index (χ3n) is 2.85. The maximum atomic E-state index is 11.3. The molecular formula is C9H16N4OS. The van der Waals surface area contributed by atoms with Crippen molar-refractivity contribution in [1.82, 2.24) is 21.1 Å². The van der Waals surface area contributed by atoms with Gasteiger partial charge in [0.25, 0.3) is 5.91 Å². The molecule has 0 aromatic rings. The Hall–Kier alpha value is -0.880. The SMILES string of the molecule is CC1(C)C[C@@]2(C)NNC(=O)CN2C(=S)N1. The number of hydrogen-bond acceptors (Lipinski definition) is 3. The first-order chi connectivity index (χ1) is 6.82. The first-order valence-electron chi connectivity index (χ1n) is 4.98. The van der Waals surface area contributed by atoms with Crippen LogP contribution in [-0.2, 0) is 4.79 Å². The van der Waals surface area contributed by atoms with Gasteiger partial charge in [0.05, 0.1) is 0 Å². The van der Waals surface area contributed by atoms with Gasteiger partial charge in [0, 0.05) is 12.0 Å². The molecule has 0 unspecified atom stereocenters. The Morgan fingerprint density at radius 2 is 2.07 bits per heavy atom. The molecule has 1 atom stereocenters. The highest BCUT2D eigenvalue weighted by Crippen LogP contribution is 2.29. The minimum Gasteiger partial charge on any atom is -0.357 e. The maximum Gasteiger partial charge on any atom is 0.253 e. The molecule has 84 valence electrons. The van der Waals surface area contributed by atoms with Crippen LogP contribution in [0, 0.1) is 0 Å². The molecule has 5 nitrogen and oxygen atoms in total. The zero-order chi connectivity index (χ0) is 11.3. The number of amides is 1. The fourth-order valence-corrected chi connectivity index (χ4v) is 2.87. The zero-order valence-corrected chi connectivity index (χ0v) is 9.99. The Labute approximate surface area is 94.5 Å². The molecule has 2 rings (SSSR count). The second-order valence-electron chi connectivity index (χ2n) is 5.02. The highest BCUT2D eigenvalue weighted by atomic mass is 32.1. The van der Waals surface area contributed by atoms with Gasteiger partial charge in [0.2, 0.25) is 0 Å². The molecule has 2 fully saturated rings. The van der Waals surface area contributed by atoms with Gasteiger partial charge in [-0.2, -0.15) is 0 Å². The topological polar surface area (TPSA) is 56.4 Å². The lowest BCUT2D eigenvalue weighted by Gasteiger charge is -2.54. The summed E-state index contributed by atoms with van der Waals surface area (Å²) < 4.78 is 0. The van der Waals surface area contributed by atoms with Crippen LogP contribution in [0.1, 0.15) is 27.2 Å². The van der Waals surface area contributed by atoms with Crippen molar-refractivity contribution in [3.63, 3.8) is 0 Å². The van der Waals surface area contributed by atoms with Crippen LogP contribution in [0.25, 0.3) is 0 Å². The van der Waals surface area contributed by atoms with E-state index in [9.17, 15) is 4.79 Å². The first kappa shape index (κ1) is 10.6. The normalized spacial score (nSPS) is 34.2. The largest absolute Gasteiger partial charge is 0.357 e. The van der Waals surface area contributed by atoms with Gasteiger partial charge < -0.3 is 10.2 Å². The molecule has 0 radical (unpaired) electrons. The minimum absolute atomic E-state index is 0.0581. The molecule has 0 aromatic carbocycles. The number of carbonyl (C=O) groups is 1. The van der Waals surface area contributed by atoms with Crippen LogP contribution in [-0.4, -0.2) is 33.7 Å². The van der Waals surface area contributed by atoms with E-state index < -0.39 is 0 Å². The summed E-state index contributed by atoms with van der Waals surface area (Å²) >= 11 is 5.27. The monoisotopic (exact) mass is 228 g/mol. The summed E-state index contributed by atoms with van der Waals surface area (Å²) in [5.41, 5.74) is 5.34. The summed E-state index contributed by atoms with van der Waals surface area (Å²) in [6.45, 7) is 6.55.